The highest BCUT2D eigenvalue weighted by molar-refractivity contribution is 7.89. The molecule has 1 aliphatic rings. The molecule has 0 radical (unpaired) electrons. The van der Waals surface area contributed by atoms with Crippen molar-refractivity contribution in [1.82, 2.24) is 4.31 Å². The first-order chi connectivity index (χ1) is 10.00. The van der Waals surface area contributed by atoms with Crippen LogP contribution >= 0.6 is 0 Å². The van der Waals surface area contributed by atoms with Crippen molar-refractivity contribution in [3.05, 3.63) is 54.6 Å². The van der Waals surface area contributed by atoms with Crippen LogP contribution in [0, 0.1) is 0 Å². The Bertz CT molecular complexity index is 769. The predicted molar refractivity (Wildman–Crippen MR) is 77.2 cm³/mol. The number of carboxylic acids is 1. The van der Waals surface area contributed by atoms with Crippen LogP contribution in [0.3, 0.4) is 0 Å². The van der Waals surface area contributed by atoms with Crippen LogP contribution in [-0.2, 0) is 14.8 Å². The Morgan fingerprint density at radius 1 is 1.00 bits per heavy atom. The molecule has 0 bridgehead atoms. The Hall–Kier alpha value is -2.18. The molecule has 2 aromatic rings. The summed E-state index contributed by atoms with van der Waals surface area (Å²) in [5, 5.41) is 8.82. The summed E-state index contributed by atoms with van der Waals surface area (Å²) in [6, 6.07) is 15.1. The van der Waals surface area contributed by atoms with E-state index in [9.17, 15) is 13.2 Å². The maximum Gasteiger partial charge on any atom is 0.323 e. The van der Waals surface area contributed by atoms with Gasteiger partial charge in [0.05, 0.1) is 4.90 Å². The Morgan fingerprint density at radius 2 is 1.57 bits per heavy atom. The zero-order chi connectivity index (χ0) is 15.0. The number of carbonyl (C=O) groups is 1. The van der Waals surface area contributed by atoms with Crippen molar-refractivity contribution in [2.45, 2.75) is 10.9 Å². The molecule has 0 spiro atoms. The van der Waals surface area contributed by atoms with Crippen molar-refractivity contribution in [2.24, 2.45) is 0 Å². The molecular formula is C15H13NO4S. The molecule has 5 nitrogen and oxygen atoms in total. The summed E-state index contributed by atoms with van der Waals surface area (Å²) in [7, 11) is -3.71. The summed E-state index contributed by atoms with van der Waals surface area (Å²) in [6.07, 6.45) is 0. The van der Waals surface area contributed by atoms with E-state index in [1.54, 1.807) is 12.1 Å². The molecule has 108 valence electrons. The van der Waals surface area contributed by atoms with Crippen molar-refractivity contribution < 1.29 is 18.3 Å². The average molecular weight is 303 g/mol. The number of sulfonamides is 1. The SMILES string of the molecule is O=C(O)[C@@H]1CN1S(=O)(=O)c1ccc(-c2ccccc2)cc1. The van der Waals surface area contributed by atoms with Crippen LogP contribution in [-0.4, -0.2) is 36.4 Å². The molecule has 1 aliphatic heterocycles. The van der Waals surface area contributed by atoms with Gasteiger partial charge in [0.25, 0.3) is 0 Å². The van der Waals surface area contributed by atoms with Gasteiger partial charge in [0.2, 0.25) is 10.0 Å². The largest absolute Gasteiger partial charge is 0.480 e. The summed E-state index contributed by atoms with van der Waals surface area (Å²) < 4.78 is 25.4. The van der Waals surface area contributed by atoms with Gasteiger partial charge in [0.1, 0.15) is 6.04 Å². The number of hydrogen-bond donors (Lipinski definition) is 1. The molecule has 0 aromatic heterocycles. The van der Waals surface area contributed by atoms with Crippen molar-refractivity contribution in [2.75, 3.05) is 6.54 Å². The van der Waals surface area contributed by atoms with Gasteiger partial charge in [-0.3, -0.25) is 4.79 Å². The Kier molecular flexibility index (Phi) is 3.27. The van der Waals surface area contributed by atoms with Gasteiger partial charge < -0.3 is 5.11 Å². The van der Waals surface area contributed by atoms with Gasteiger partial charge in [-0.25, -0.2) is 8.42 Å². The highest BCUT2D eigenvalue weighted by atomic mass is 32.2. The maximum absolute atomic E-state index is 12.2. The first-order valence-corrected chi connectivity index (χ1v) is 7.84. The van der Waals surface area contributed by atoms with Crippen LogP contribution in [0.4, 0.5) is 0 Å². The van der Waals surface area contributed by atoms with E-state index in [1.165, 1.54) is 12.1 Å². The van der Waals surface area contributed by atoms with Gasteiger partial charge in [-0.2, -0.15) is 4.31 Å². The van der Waals surface area contributed by atoms with Gasteiger partial charge in [0, 0.05) is 6.54 Å². The lowest BCUT2D eigenvalue weighted by Gasteiger charge is -2.07. The van der Waals surface area contributed by atoms with Gasteiger partial charge in [-0.15, -0.1) is 0 Å². The maximum atomic E-state index is 12.2. The Labute approximate surface area is 122 Å². The first kappa shape index (κ1) is 13.8. The van der Waals surface area contributed by atoms with E-state index in [0.29, 0.717) is 0 Å². The third kappa shape index (κ3) is 2.55. The second-order valence-electron chi connectivity index (χ2n) is 4.82. The van der Waals surface area contributed by atoms with Crippen LogP contribution in [0.5, 0.6) is 0 Å². The van der Waals surface area contributed by atoms with E-state index < -0.39 is 22.0 Å². The highest BCUT2D eigenvalue weighted by Crippen LogP contribution is 2.29. The molecule has 0 amide bonds. The van der Waals surface area contributed by atoms with Crippen molar-refractivity contribution >= 4 is 16.0 Å². The molecule has 1 fully saturated rings. The minimum atomic E-state index is -3.71. The van der Waals surface area contributed by atoms with Crippen LogP contribution in [0.1, 0.15) is 0 Å². The summed E-state index contributed by atoms with van der Waals surface area (Å²) >= 11 is 0. The van der Waals surface area contributed by atoms with Crippen molar-refractivity contribution in [3.8, 4) is 11.1 Å². The second-order valence-corrected chi connectivity index (χ2v) is 6.71. The average Bonchev–Trinajstić information content (AvgIpc) is 3.30. The van der Waals surface area contributed by atoms with E-state index in [-0.39, 0.29) is 11.4 Å². The number of rotatable bonds is 4. The minimum absolute atomic E-state index is 0.0398. The summed E-state index contributed by atoms with van der Waals surface area (Å²) in [6.45, 7) is 0.0398. The molecule has 21 heavy (non-hydrogen) atoms. The van der Waals surface area contributed by atoms with Gasteiger partial charge in [-0.1, -0.05) is 42.5 Å². The standard InChI is InChI=1S/C15H13NO4S/c17-15(18)14-10-16(14)21(19,20)13-8-6-12(7-9-13)11-4-2-1-3-5-11/h1-9,14H,10H2,(H,17,18)/t14-,16?/m0/s1. The fourth-order valence-corrected chi connectivity index (χ4v) is 3.69. The molecular weight excluding hydrogens is 290 g/mol. The van der Waals surface area contributed by atoms with E-state index in [0.717, 1.165) is 15.4 Å². The third-order valence-corrected chi connectivity index (χ3v) is 5.31. The Balaban J connectivity index is 1.87. The lowest BCUT2D eigenvalue weighted by atomic mass is 10.1. The predicted octanol–water partition coefficient (Wildman–Crippen LogP) is 1.81. The van der Waals surface area contributed by atoms with E-state index in [2.05, 4.69) is 0 Å². The monoisotopic (exact) mass is 303 g/mol. The molecule has 0 aliphatic carbocycles. The van der Waals surface area contributed by atoms with Crippen molar-refractivity contribution in [1.29, 1.82) is 0 Å². The first-order valence-electron chi connectivity index (χ1n) is 6.40. The van der Waals surface area contributed by atoms with Crippen LogP contribution < -0.4 is 0 Å². The highest BCUT2D eigenvalue weighted by Gasteiger charge is 2.49. The van der Waals surface area contributed by atoms with Gasteiger partial charge in [-0.05, 0) is 23.3 Å². The molecule has 1 N–H and O–H groups in total. The van der Waals surface area contributed by atoms with Crippen LogP contribution in [0.25, 0.3) is 11.1 Å². The lowest BCUT2D eigenvalue weighted by Crippen LogP contribution is -2.19. The Morgan fingerprint density at radius 3 is 2.10 bits per heavy atom. The zero-order valence-electron chi connectivity index (χ0n) is 11.0. The molecule has 6 heteroatoms. The van der Waals surface area contributed by atoms with Gasteiger partial charge in [0.15, 0.2) is 0 Å². The number of benzene rings is 2. The molecule has 1 saturated heterocycles. The number of hydrogen-bond acceptors (Lipinski definition) is 3. The number of nitrogens with zero attached hydrogens (tertiary/aromatic N) is 1. The summed E-state index contributed by atoms with van der Waals surface area (Å²) in [4.78, 5) is 10.9. The fraction of sp³-hybridized carbons (Fsp3) is 0.133. The normalized spacial score (nSPS) is 21.0. The fourth-order valence-electron chi connectivity index (χ4n) is 2.18. The molecule has 0 saturated carbocycles. The topological polar surface area (TPSA) is 74.4 Å². The third-order valence-electron chi connectivity index (χ3n) is 3.42. The smallest absolute Gasteiger partial charge is 0.323 e. The van der Waals surface area contributed by atoms with Crippen LogP contribution in [0.2, 0.25) is 0 Å². The summed E-state index contributed by atoms with van der Waals surface area (Å²) in [5.41, 5.74) is 1.91. The molecule has 1 unspecified atom stereocenters. The van der Waals surface area contributed by atoms with E-state index in [4.69, 9.17) is 5.11 Å². The molecule has 1 heterocycles. The van der Waals surface area contributed by atoms with Gasteiger partial charge >= 0.3 is 5.97 Å². The number of carboxylic acid groups (broad SMARTS) is 1. The quantitative estimate of drug-likeness (QED) is 0.874. The molecule has 3 rings (SSSR count). The zero-order valence-corrected chi connectivity index (χ0v) is 11.8. The number of aliphatic carboxylic acids is 1. The minimum Gasteiger partial charge on any atom is -0.480 e. The van der Waals surface area contributed by atoms with Crippen molar-refractivity contribution in [3.63, 3.8) is 0 Å². The molecule has 2 aromatic carbocycles. The van der Waals surface area contributed by atoms with E-state index >= 15 is 0 Å². The second kappa shape index (κ2) is 4.98. The lowest BCUT2D eigenvalue weighted by molar-refractivity contribution is -0.136. The van der Waals surface area contributed by atoms with E-state index in [1.807, 2.05) is 30.3 Å². The summed E-state index contributed by atoms with van der Waals surface area (Å²) in [5.74, 6) is -1.11. The molecule has 2 atom stereocenters. The van der Waals surface area contributed by atoms with Crippen LogP contribution in [0.15, 0.2) is 59.5 Å².